The number of nitrogens with zero attached hydrogens (tertiary/aromatic N) is 1. The number of hydrogen-bond donors (Lipinski definition) is 0. The highest BCUT2D eigenvalue weighted by molar-refractivity contribution is 5.69. The van der Waals surface area contributed by atoms with E-state index in [1.54, 1.807) is 6.07 Å². The van der Waals surface area contributed by atoms with Crippen LogP contribution in [0.1, 0.15) is 32.3 Å². The zero-order valence-corrected chi connectivity index (χ0v) is 11.8. The molecule has 3 heteroatoms. The van der Waals surface area contributed by atoms with Gasteiger partial charge in [-0.25, -0.2) is 4.39 Å². The molecule has 2 rings (SSSR count). The minimum absolute atomic E-state index is 0.228. The summed E-state index contributed by atoms with van der Waals surface area (Å²) in [4.78, 5) is 2.38. The van der Waals surface area contributed by atoms with E-state index in [-0.39, 0.29) is 5.82 Å². The fraction of sp³-hybridized carbons (Fsp3) is 0.500. The van der Waals surface area contributed by atoms with Crippen molar-refractivity contribution in [3.8, 4) is 5.75 Å². The lowest BCUT2D eigenvalue weighted by molar-refractivity contribution is 0.303. The van der Waals surface area contributed by atoms with Gasteiger partial charge in [0, 0.05) is 18.7 Å². The Morgan fingerprint density at radius 1 is 1.32 bits per heavy atom. The number of halogens is 1. The maximum Gasteiger partial charge on any atom is 0.172 e. The maximum atomic E-state index is 14.4. The second-order valence-electron chi connectivity index (χ2n) is 4.84. The molecule has 0 unspecified atom stereocenters. The van der Waals surface area contributed by atoms with Crippen molar-refractivity contribution in [2.24, 2.45) is 0 Å². The molecule has 1 aliphatic rings. The highest BCUT2D eigenvalue weighted by Gasteiger charge is 2.17. The molecule has 2 nitrogen and oxygen atoms in total. The molecular weight excluding hydrogens is 241 g/mol. The molecule has 0 amide bonds. The van der Waals surface area contributed by atoms with Crippen LogP contribution in [0.15, 0.2) is 24.3 Å². The van der Waals surface area contributed by atoms with Crippen LogP contribution in [-0.2, 0) is 0 Å². The fourth-order valence-electron chi connectivity index (χ4n) is 2.53. The summed E-state index contributed by atoms with van der Waals surface area (Å²) in [5.41, 5.74) is 1.77. The van der Waals surface area contributed by atoms with Crippen molar-refractivity contribution in [2.45, 2.75) is 26.7 Å². The van der Waals surface area contributed by atoms with E-state index in [2.05, 4.69) is 17.9 Å². The van der Waals surface area contributed by atoms with Gasteiger partial charge in [0.25, 0.3) is 0 Å². The average Bonchev–Trinajstić information content (AvgIpc) is 2.42. The van der Waals surface area contributed by atoms with Crippen LogP contribution in [0.2, 0.25) is 0 Å². The van der Waals surface area contributed by atoms with E-state index in [1.807, 2.05) is 19.1 Å². The first kappa shape index (κ1) is 14.1. The van der Waals surface area contributed by atoms with Crippen molar-refractivity contribution >= 4 is 5.57 Å². The third-order valence-electron chi connectivity index (χ3n) is 3.38. The number of hydrogen-bond acceptors (Lipinski definition) is 2. The van der Waals surface area contributed by atoms with E-state index < -0.39 is 0 Å². The summed E-state index contributed by atoms with van der Waals surface area (Å²) in [5, 5.41) is 0. The molecule has 0 bridgehead atoms. The SMILES string of the molecule is CCCN1CCC=C(c2cccc(OCC)c2F)C1. The Bertz CT molecular complexity index is 456. The lowest BCUT2D eigenvalue weighted by Crippen LogP contribution is -2.30. The Hall–Kier alpha value is -1.35. The Morgan fingerprint density at radius 3 is 2.89 bits per heavy atom. The predicted octanol–water partition coefficient (Wildman–Crippen LogP) is 3.72. The summed E-state index contributed by atoms with van der Waals surface area (Å²) in [7, 11) is 0. The van der Waals surface area contributed by atoms with E-state index in [1.165, 1.54) is 0 Å². The van der Waals surface area contributed by atoms with Crippen LogP contribution in [0.4, 0.5) is 4.39 Å². The second-order valence-corrected chi connectivity index (χ2v) is 4.84. The van der Waals surface area contributed by atoms with Crippen LogP contribution < -0.4 is 4.74 Å². The molecule has 0 spiro atoms. The van der Waals surface area contributed by atoms with Gasteiger partial charge in [0.1, 0.15) is 0 Å². The summed E-state index contributed by atoms with van der Waals surface area (Å²) in [6, 6.07) is 5.40. The van der Waals surface area contributed by atoms with Crippen LogP contribution in [0, 0.1) is 5.82 Å². The van der Waals surface area contributed by atoms with Crippen LogP contribution in [0.5, 0.6) is 5.75 Å². The lowest BCUT2D eigenvalue weighted by Gasteiger charge is -2.27. The summed E-state index contributed by atoms with van der Waals surface area (Å²) in [6.07, 6.45) is 4.28. The molecule has 19 heavy (non-hydrogen) atoms. The highest BCUT2D eigenvalue weighted by atomic mass is 19.1. The van der Waals surface area contributed by atoms with Crippen molar-refractivity contribution in [1.82, 2.24) is 4.90 Å². The van der Waals surface area contributed by atoms with Gasteiger partial charge < -0.3 is 4.74 Å². The first-order chi connectivity index (χ1) is 9.26. The molecule has 0 fully saturated rings. The van der Waals surface area contributed by atoms with Crippen molar-refractivity contribution < 1.29 is 9.13 Å². The molecule has 1 aliphatic heterocycles. The number of ether oxygens (including phenoxy) is 1. The minimum Gasteiger partial charge on any atom is -0.491 e. The molecule has 0 saturated heterocycles. The van der Waals surface area contributed by atoms with Crippen molar-refractivity contribution in [1.29, 1.82) is 0 Å². The molecule has 1 aromatic rings. The molecule has 0 saturated carbocycles. The lowest BCUT2D eigenvalue weighted by atomic mass is 10.00. The van der Waals surface area contributed by atoms with Crippen LogP contribution >= 0.6 is 0 Å². The second kappa shape index (κ2) is 6.71. The zero-order valence-electron chi connectivity index (χ0n) is 11.8. The standard InChI is InChI=1S/C16H22FNO/c1-3-10-18-11-6-7-13(12-18)14-8-5-9-15(16(14)17)19-4-2/h5,7-9H,3-4,6,10-12H2,1-2H3. The molecule has 0 N–H and O–H groups in total. The maximum absolute atomic E-state index is 14.4. The normalized spacial score (nSPS) is 16.3. The molecule has 0 aliphatic carbocycles. The highest BCUT2D eigenvalue weighted by Crippen LogP contribution is 2.28. The van der Waals surface area contributed by atoms with Gasteiger partial charge in [0.05, 0.1) is 6.61 Å². The van der Waals surface area contributed by atoms with E-state index in [0.29, 0.717) is 17.9 Å². The summed E-state index contributed by atoms with van der Waals surface area (Å²) in [6.45, 7) is 7.51. The third-order valence-corrected chi connectivity index (χ3v) is 3.38. The van der Waals surface area contributed by atoms with Gasteiger partial charge in [-0.15, -0.1) is 0 Å². The number of rotatable bonds is 5. The van der Waals surface area contributed by atoms with E-state index in [9.17, 15) is 4.39 Å². The fourth-order valence-corrected chi connectivity index (χ4v) is 2.53. The van der Waals surface area contributed by atoms with Gasteiger partial charge in [0.15, 0.2) is 11.6 Å². The Labute approximate surface area is 114 Å². The van der Waals surface area contributed by atoms with Crippen LogP contribution in [0.3, 0.4) is 0 Å². The van der Waals surface area contributed by atoms with Crippen LogP contribution in [0.25, 0.3) is 5.57 Å². The molecule has 1 aromatic carbocycles. The molecular formula is C16H22FNO. The van der Waals surface area contributed by atoms with Gasteiger partial charge in [0.2, 0.25) is 0 Å². The van der Waals surface area contributed by atoms with Gasteiger partial charge in [-0.2, -0.15) is 0 Å². The minimum atomic E-state index is -0.228. The smallest absolute Gasteiger partial charge is 0.172 e. The first-order valence-corrected chi connectivity index (χ1v) is 7.09. The summed E-state index contributed by atoms with van der Waals surface area (Å²) < 4.78 is 19.7. The number of benzene rings is 1. The Morgan fingerprint density at radius 2 is 2.16 bits per heavy atom. The quantitative estimate of drug-likeness (QED) is 0.802. The largest absolute Gasteiger partial charge is 0.491 e. The van der Waals surface area contributed by atoms with Crippen molar-refractivity contribution in [3.05, 3.63) is 35.7 Å². The topological polar surface area (TPSA) is 12.5 Å². The predicted molar refractivity (Wildman–Crippen MR) is 76.9 cm³/mol. The summed E-state index contributed by atoms with van der Waals surface area (Å²) >= 11 is 0. The molecule has 0 aromatic heterocycles. The van der Waals surface area contributed by atoms with Crippen molar-refractivity contribution in [2.75, 3.05) is 26.2 Å². The van der Waals surface area contributed by atoms with E-state index in [0.717, 1.165) is 38.0 Å². The summed E-state index contributed by atoms with van der Waals surface area (Å²) in [5.74, 6) is 0.127. The molecule has 0 radical (unpaired) electrons. The van der Waals surface area contributed by atoms with Crippen LogP contribution in [-0.4, -0.2) is 31.1 Å². The van der Waals surface area contributed by atoms with E-state index >= 15 is 0 Å². The Balaban J connectivity index is 2.21. The molecule has 104 valence electrons. The average molecular weight is 263 g/mol. The molecule has 0 atom stereocenters. The Kier molecular flexibility index (Phi) is 4.97. The monoisotopic (exact) mass is 263 g/mol. The van der Waals surface area contributed by atoms with Gasteiger partial charge in [-0.05, 0) is 37.9 Å². The third kappa shape index (κ3) is 3.35. The van der Waals surface area contributed by atoms with Gasteiger partial charge in [-0.3, -0.25) is 4.90 Å². The van der Waals surface area contributed by atoms with Gasteiger partial charge in [-0.1, -0.05) is 25.1 Å². The van der Waals surface area contributed by atoms with Crippen molar-refractivity contribution in [3.63, 3.8) is 0 Å². The van der Waals surface area contributed by atoms with Gasteiger partial charge >= 0.3 is 0 Å². The van der Waals surface area contributed by atoms with E-state index in [4.69, 9.17) is 4.74 Å². The molecule has 1 heterocycles. The first-order valence-electron chi connectivity index (χ1n) is 7.09. The zero-order chi connectivity index (χ0) is 13.7.